The van der Waals surface area contributed by atoms with Crippen LogP contribution in [0.1, 0.15) is 18.7 Å². The molecule has 2 heterocycles. The Bertz CT molecular complexity index is 1060. The number of hydrogen-bond acceptors (Lipinski definition) is 7. The van der Waals surface area contributed by atoms with E-state index in [1.807, 2.05) is 24.3 Å². The van der Waals surface area contributed by atoms with Crippen molar-refractivity contribution in [2.45, 2.75) is 26.0 Å². The third-order valence-corrected chi connectivity index (χ3v) is 4.80. The Morgan fingerprint density at radius 1 is 1.19 bits per heavy atom. The lowest BCUT2D eigenvalue weighted by molar-refractivity contribution is -0.117. The molecule has 1 aliphatic heterocycles. The molecule has 3 aromatic rings. The lowest BCUT2D eigenvalue weighted by atomic mass is 10.2. The zero-order chi connectivity index (χ0) is 21.8. The minimum absolute atomic E-state index is 0.0780. The topological polar surface area (TPSA) is 89.7 Å². The van der Waals surface area contributed by atoms with Crippen LogP contribution in [0.25, 0.3) is 11.4 Å². The van der Waals surface area contributed by atoms with Crippen LogP contribution in [0.2, 0.25) is 0 Å². The molecular weight excluding hydrogens is 410 g/mol. The predicted octanol–water partition coefficient (Wildman–Crippen LogP) is 4.09. The SMILES string of the molecule is COc1cc(-c2noc(CNc3ccc(N4CCCC4=O)cc3)n2)ccc1OC(F)F. The van der Waals surface area contributed by atoms with Crippen LogP contribution in [0.3, 0.4) is 0 Å². The van der Waals surface area contributed by atoms with Crippen LogP contribution in [-0.2, 0) is 11.3 Å². The van der Waals surface area contributed by atoms with E-state index in [0.717, 1.165) is 24.3 Å². The number of methoxy groups -OCH3 is 1. The number of amides is 1. The van der Waals surface area contributed by atoms with Gasteiger partial charge >= 0.3 is 6.61 Å². The summed E-state index contributed by atoms with van der Waals surface area (Å²) in [7, 11) is 1.36. The first kappa shape index (κ1) is 20.6. The summed E-state index contributed by atoms with van der Waals surface area (Å²) in [5, 5.41) is 7.10. The van der Waals surface area contributed by atoms with Gasteiger partial charge in [0.25, 0.3) is 0 Å². The van der Waals surface area contributed by atoms with Gasteiger partial charge in [-0.25, -0.2) is 0 Å². The van der Waals surface area contributed by atoms with Crippen molar-refractivity contribution in [1.29, 1.82) is 0 Å². The van der Waals surface area contributed by atoms with Gasteiger partial charge in [0.1, 0.15) is 0 Å². The Balaban J connectivity index is 1.40. The normalized spacial score (nSPS) is 13.7. The molecule has 31 heavy (non-hydrogen) atoms. The number of nitrogens with zero attached hydrogens (tertiary/aromatic N) is 3. The highest BCUT2D eigenvalue weighted by molar-refractivity contribution is 5.95. The largest absolute Gasteiger partial charge is 0.493 e. The molecule has 1 aromatic heterocycles. The molecule has 0 spiro atoms. The molecule has 0 atom stereocenters. The summed E-state index contributed by atoms with van der Waals surface area (Å²) >= 11 is 0. The van der Waals surface area contributed by atoms with Crippen LogP contribution < -0.4 is 19.7 Å². The molecule has 1 N–H and O–H groups in total. The fraction of sp³-hybridized carbons (Fsp3) is 0.286. The van der Waals surface area contributed by atoms with Crippen LogP contribution in [0, 0.1) is 0 Å². The van der Waals surface area contributed by atoms with Crippen LogP contribution in [-0.4, -0.2) is 36.3 Å². The predicted molar refractivity (Wildman–Crippen MR) is 108 cm³/mol. The standard InChI is InChI=1S/C21H20F2N4O4/c1-29-17-11-13(4-9-16(17)30-21(22)23)20-25-18(31-26-20)12-24-14-5-7-15(8-6-14)27-10-2-3-19(27)28/h4-9,11,21,24H,2-3,10,12H2,1H3. The van der Waals surface area contributed by atoms with Crippen LogP contribution in [0.5, 0.6) is 11.5 Å². The number of benzene rings is 2. The van der Waals surface area contributed by atoms with E-state index in [0.29, 0.717) is 30.2 Å². The fourth-order valence-electron chi connectivity index (χ4n) is 3.30. The number of halogens is 2. The van der Waals surface area contributed by atoms with Crippen molar-refractivity contribution < 1.29 is 27.6 Å². The van der Waals surface area contributed by atoms with Crippen molar-refractivity contribution in [3.63, 3.8) is 0 Å². The van der Waals surface area contributed by atoms with E-state index in [1.165, 1.54) is 19.2 Å². The maximum absolute atomic E-state index is 12.5. The zero-order valence-corrected chi connectivity index (χ0v) is 16.7. The van der Waals surface area contributed by atoms with Crippen LogP contribution in [0.4, 0.5) is 20.2 Å². The summed E-state index contributed by atoms with van der Waals surface area (Å²) in [5.74, 6) is 0.844. The molecule has 0 aliphatic carbocycles. The van der Waals surface area contributed by atoms with E-state index in [4.69, 9.17) is 9.26 Å². The van der Waals surface area contributed by atoms with Gasteiger partial charge in [-0.3, -0.25) is 4.79 Å². The smallest absolute Gasteiger partial charge is 0.387 e. The Morgan fingerprint density at radius 3 is 2.68 bits per heavy atom. The number of ether oxygens (including phenoxy) is 2. The molecule has 0 bridgehead atoms. The summed E-state index contributed by atoms with van der Waals surface area (Å²) in [6.07, 6.45) is 1.47. The van der Waals surface area contributed by atoms with Gasteiger partial charge in [0, 0.05) is 29.9 Å². The first-order valence-electron chi connectivity index (χ1n) is 9.63. The number of nitrogens with one attached hydrogen (secondary N) is 1. The van der Waals surface area contributed by atoms with Gasteiger partial charge in [-0.2, -0.15) is 13.8 Å². The molecule has 0 unspecified atom stereocenters. The average molecular weight is 430 g/mol. The maximum atomic E-state index is 12.5. The van der Waals surface area contributed by atoms with Crippen molar-refractivity contribution >= 4 is 17.3 Å². The number of aromatic nitrogens is 2. The van der Waals surface area contributed by atoms with Gasteiger partial charge in [-0.1, -0.05) is 5.16 Å². The number of rotatable bonds is 8. The molecule has 0 radical (unpaired) electrons. The highest BCUT2D eigenvalue weighted by atomic mass is 19.3. The summed E-state index contributed by atoms with van der Waals surface area (Å²) in [6, 6.07) is 11.9. The van der Waals surface area contributed by atoms with E-state index in [-0.39, 0.29) is 17.4 Å². The Hall–Kier alpha value is -3.69. The second kappa shape index (κ2) is 8.99. The first-order chi connectivity index (χ1) is 15.0. The molecule has 8 nitrogen and oxygen atoms in total. The minimum atomic E-state index is -2.95. The summed E-state index contributed by atoms with van der Waals surface area (Å²) in [5.41, 5.74) is 2.25. The van der Waals surface area contributed by atoms with Crippen LogP contribution in [0.15, 0.2) is 47.0 Å². The van der Waals surface area contributed by atoms with Gasteiger partial charge in [-0.05, 0) is 48.9 Å². The quantitative estimate of drug-likeness (QED) is 0.576. The highest BCUT2D eigenvalue weighted by Gasteiger charge is 2.21. The van der Waals surface area contributed by atoms with E-state index in [2.05, 4.69) is 20.2 Å². The summed E-state index contributed by atoms with van der Waals surface area (Å²) in [6.45, 7) is -1.91. The molecule has 4 rings (SSSR count). The van der Waals surface area contributed by atoms with Crippen molar-refractivity contribution in [1.82, 2.24) is 10.1 Å². The second-order valence-electron chi connectivity index (χ2n) is 6.81. The summed E-state index contributed by atoms with van der Waals surface area (Å²) < 4.78 is 39.7. The Kier molecular flexibility index (Phi) is 5.96. The van der Waals surface area contributed by atoms with E-state index in [1.54, 1.807) is 11.0 Å². The molecule has 1 saturated heterocycles. The fourth-order valence-corrected chi connectivity index (χ4v) is 3.30. The third-order valence-electron chi connectivity index (χ3n) is 4.80. The molecule has 1 fully saturated rings. The monoisotopic (exact) mass is 430 g/mol. The van der Waals surface area contributed by atoms with E-state index in [9.17, 15) is 13.6 Å². The number of carbonyl (C=O) groups excluding carboxylic acids is 1. The number of hydrogen-bond donors (Lipinski definition) is 1. The van der Waals surface area contributed by atoms with E-state index < -0.39 is 6.61 Å². The van der Waals surface area contributed by atoms with Gasteiger partial charge < -0.3 is 24.2 Å². The average Bonchev–Trinajstić information content (AvgIpc) is 3.42. The second-order valence-corrected chi connectivity index (χ2v) is 6.81. The van der Waals surface area contributed by atoms with E-state index >= 15 is 0 Å². The number of alkyl halides is 2. The number of carbonyl (C=O) groups is 1. The third kappa shape index (κ3) is 4.73. The zero-order valence-electron chi connectivity index (χ0n) is 16.7. The molecule has 0 saturated carbocycles. The molecule has 10 heteroatoms. The van der Waals surface area contributed by atoms with Gasteiger partial charge in [0.05, 0.1) is 13.7 Å². The number of anilines is 2. The van der Waals surface area contributed by atoms with Crippen LogP contribution >= 0.6 is 0 Å². The van der Waals surface area contributed by atoms with Gasteiger partial charge in [-0.15, -0.1) is 0 Å². The molecule has 2 aromatic carbocycles. The lowest BCUT2D eigenvalue weighted by Gasteiger charge is -2.16. The Labute approximate surface area is 176 Å². The minimum Gasteiger partial charge on any atom is -0.493 e. The van der Waals surface area contributed by atoms with Crippen molar-refractivity contribution in [2.24, 2.45) is 0 Å². The lowest BCUT2D eigenvalue weighted by Crippen LogP contribution is -2.23. The highest BCUT2D eigenvalue weighted by Crippen LogP contribution is 2.32. The van der Waals surface area contributed by atoms with Gasteiger partial charge in [0.15, 0.2) is 11.5 Å². The van der Waals surface area contributed by atoms with Crippen molar-refractivity contribution in [2.75, 3.05) is 23.9 Å². The van der Waals surface area contributed by atoms with Crippen molar-refractivity contribution in [3.05, 3.63) is 48.4 Å². The molecular formula is C21H20F2N4O4. The van der Waals surface area contributed by atoms with Gasteiger partial charge in [0.2, 0.25) is 17.6 Å². The maximum Gasteiger partial charge on any atom is 0.387 e. The Morgan fingerprint density at radius 2 is 2.00 bits per heavy atom. The van der Waals surface area contributed by atoms with Crippen molar-refractivity contribution in [3.8, 4) is 22.9 Å². The summed E-state index contributed by atoms with van der Waals surface area (Å²) in [4.78, 5) is 17.9. The molecule has 1 amide bonds. The molecule has 1 aliphatic rings. The molecule has 162 valence electrons. The first-order valence-corrected chi connectivity index (χ1v) is 9.63.